The van der Waals surface area contributed by atoms with Crippen LogP contribution in [0.4, 0.5) is 0 Å². The Morgan fingerprint density at radius 2 is 0.520 bits per heavy atom. The molecule has 0 spiro atoms. The quantitative estimate of drug-likeness (QED) is 0.0261. The molecule has 1 atom stereocenters. The topological polar surface area (TPSA) is 78.9 Å². The monoisotopic (exact) mass is 1040 g/mol. The zero-order chi connectivity index (χ0) is 54.3. The fourth-order valence-corrected chi connectivity index (χ4v) is 8.27. The van der Waals surface area contributed by atoms with Crippen LogP contribution in [0.1, 0.15) is 278 Å². The Balaban J connectivity index is 4.51. The van der Waals surface area contributed by atoms with Crippen LogP contribution in [0.3, 0.4) is 0 Å². The summed E-state index contributed by atoms with van der Waals surface area (Å²) in [5, 5.41) is 0. The molecule has 0 aromatic heterocycles. The van der Waals surface area contributed by atoms with Crippen LogP contribution in [0.5, 0.6) is 0 Å². The van der Waals surface area contributed by atoms with E-state index in [1.807, 2.05) is 0 Å². The molecule has 0 saturated heterocycles. The maximum absolute atomic E-state index is 12.9. The number of hydrogen-bond donors (Lipinski definition) is 0. The van der Waals surface area contributed by atoms with Crippen molar-refractivity contribution in [2.75, 3.05) is 13.2 Å². The Morgan fingerprint density at radius 1 is 0.280 bits per heavy atom. The highest BCUT2D eigenvalue weighted by Crippen LogP contribution is 2.14. The summed E-state index contributed by atoms with van der Waals surface area (Å²) in [6.45, 7) is 6.45. The molecular weight excluding hydrogens is 925 g/mol. The van der Waals surface area contributed by atoms with E-state index in [0.717, 1.165) is 116 Å². The van der Waals surface area contributed by atoms with E-state index in [4.69, 9.17) is 14.2 Å². The summed E-state index contributed by atoms with van der Waals surface area (Å²) in [7, 11) is 0. The Hall–Kier alpha value is -4.19. The Labute approximate surface area is 462 Å². The largest absolute Gasteiger partial charge is 0.462 e. The third-order valence-corrected chi connectivity index (χ3v) is 12.9. The van der Waals surface area contributed by atoms with Crippen LogP contribution in [-0.2, 0) is 28.6 Å². The first kappa shape index (κ1) is 70.8. The lowest BCUT2D eigenvalue weighted by Gasteiger charge is -2.18. The molecule has 1 unspecified atom stereocenters. The van der Waals surface area contributed by atoms with Gasteiger partial charge < -0.3 is 14.2 Å². The second-order valence-electron chi connectivity index (χ2n) is 20.2. The van der Waals surface area contributed by atoms with Gasteiger partial charge in [0.25, 0.3) is 0 Å². The molecule has 0 N–H and O–H groups in total. The number of esters is 3. The van der Waals surface area contributed by atoms with Crippen LogP contribution in [0.15, 0.2) is 122 Å². The first-order valence-corrected chi connectivity index (χ1v) is 31.0. The highest BCUT2D eigenvalue weighted by molar-refractivity contribution is 5.71. The SMILES string of the molecule is CC/C=C\C/C=C\C/C=C\C/C=C\C/C=C\C/C=C\CCCCC(=O)OCC(COC(=O)CCCCCCCCC/C=C\CCCCCCCC)OC(=O)CCCCCCCC/C=C\C/C=C\C/C=C\CCCCC. The minimum Gasteiger partial charge on any atom is -0.462 e. The minimum atomic E-state index is -0.810. The van der Waals surface area contributed by atoms with Crippen LogP contribution < -0.4 is 0 Å². The lowest BCUT2D eigenvalue weighted by atomic mass is 10.1. The predicted octanol–water partition coefficient (Wildman–Crippen LogP) is 21.2. The molecule has 6 heteroatoms. The number of rotatable bonds is 55. The van der Waals surface area contributed by atoms with Gasteiger partial charge >= 0.3 is 17.9 Å². The number of unbranched alkanes of at least 4 members (excludes halogenated alkanes) is 24. The van der Waals surface area contributed by atoms with E-state index < -0.39 is 6.10 Å². The number of ether oxygens (including phenoxy) is 3. The zero-order valence-electron chi connectivity index (χ0n) is 48.8. The van der Waals surface area contributed by atoms with Crippen LogP contribution in [-0.4, -0.2) is 37.2 Å². The molecule has 0 amide bonds. The van der Waals surface area contributed by atoms with Crippen molar-refractivity contribution in [2.45, 2.75) is 284 Å². The van der Waals surface area contributed by atoms with Crippen molar-refractivity contribution in [1.82, 2.24) is 0 Å². The number of allylic oxidation sites excluding steroid dienone is 20. The molecule has 0 aliphatic heterocycles. The summed E-state index contributed by atoms with van der Waals surface area (Å²) in [5.41, 5.74) is 0. The second kappa shape index (κ2) is 62.4. The predicted molar refractivity (Wildman–Crippen MR) is 325 cm³/mol. The molecule has 0 bridgehead atoms. The van der Waals surface area contributed by atoms with Gasteiger partial charge in [0.2, 0.25) is 0 Å². The van der Waals surface area contributed by atoms with Gasteiger partial charge in [-0.05, 0) is 135 Å². The lowest BCUT2D eigenvalue weighted by molar-refractivity contribution is -0.167. The van der Waals surface area contributed by atoms with Crippen LogP contribution >= 0.6 is 0 Å². The van der Waals surface area contributed by atoms with Crippen LogP contribution in [0, 0.1) is 0 Å². The van der Waals surface area contributed by atoms with Gasteiger partial charge in [-0.2, -0.15) is 0 Å². The third-order valence-electron chi connectivity index (χ3n) is 12.9. The van der Waals surface area contributed by atoms with E-state index in [2.05, 4.69) is 142 Å². The summed E-state index contributed by atoms with van der Waals surface area (Å²) in [6.07, 6.45) is 86.2. The summed E-state index contributed by atoms with van der Waals surface area (Å²) >= 11 is 0. The first-order chi connectivity index (χ1) is 37.0. The van der Waals surface area contributed by atoms with Crippen molar-refractivity contribution in [3.8, 4) is 0 Å². The molecule has 75 heavy (non-hydrogen) atoms. The molecule has 0 rings (SSSR count). The average Bonchev–Trinajstić information content (AvgIpc) is 3.41. The highest BCUT2D eigenvalue weighted by atomic mass is 16.6. The van der Waals surface area contributed by atoms with Crippen molar-refractivity contribution in [3.05, 3.63) is 122 Å². The summed E-state index contributed by atoms with van der Waals surface area (Å²) in [6, 6.07) is 0. The molecule has 0 aliphatic rings. The molecular formula is C69H114O6. The van der Waals surface area contributed by atoms with Crippen molar-refractivity contribution in [2.24, 2.45) is 0 Å². The molecule has 0 aliphatic carbocycles. The van der Waals surface area contributed by atoms with Gasteiger partial charge in [-0.1, -0.05) is 245 Å². The number of carbonyl (C=O) groups excluding carboxylic acids is 3. The lowest BCUT2D eigenvalue weighted by Crippen LogP contribution is -2.30. The van der Waals surface area contributed by atoms with Crippen molar-refractivity contribution in [1.29, 1.82) is 0 Å². The van der Waals surface area contributed by atoms with Crippen LogP contribution in [0.2, 0.25) is 0 Å². The van der Waals surface area contributed by atoms with E-state index in [1.165, 1.54) is 116 Å². The van der Waals surface area contributed by atoms with E-state index in [0.29, 0.717) is 25.7 Å². The maximum atomic E-state index is 12.9. The van der Waals surface area contributed by atoms with Gasteiger partial charge in [-0.3, -0.25) is 14.4 Å². The van der Waals surface area contributed by atoms with Gasteiger partial charge in [-0.25, -0.2) is 0 Å². The molecule has 0 heterocycles. The Morgan fingerprint density at radius 3 is 0.880 bits per heavy atom. The summed E-state index contributed by atoms with van der Waals surface area (Å²) in [5.74, 6) is -0.961. The van der Waals surface area contributed by atoms with Crippen molar-refractivity contribution >= 4 is 17.9 Å². The van der Waals surface area contributed by atoms with Crippen LogP contribution in [0.25, 0.3) is 0 Å². The van der Waals surface area contributed by atoms with E-state index in [9.17, 15) is 14.4 Å². The first-order valence-electron chi connectivity index (χ1n) is 31.0. The second-order valence-corrected chi connectivity index (χ2v) is 20.2. The molecule has 426 valence electrons. The summed E-state index contributed by atoms with van der Waals surface area (Å²) in [4.78, 5) is 38.3. The average molecular weight is 1040 g/mol. The molecule has 0 radical (unpaired) electrons. The number of carbonyl (C=O) groups is 3. The maximum Gasteiger partial charge on any atom is 0.306 e. The Kier molecular flexibility index (Phi) is 58.9. The molecule has 6 nitrogen and oxygen atoms in total. The van der Waals surface area contributed by atoms with Gasteiger partial charge in [0.05, 0.1) is 0 Å². The van der Waals surface area contributed by atoms with E-state index >= 15 is 0 Å². The number of hydrogen-bond acceptors (Lipinski definition) is 6. The normalized spacial score (nSPS) is 12.9. The molecule has 0 aromatic carbocycles. The molecule has 0 aromatic rings. The van der Waals surface area contributed by atoms with E-state index in [1.54, 1.807) is 0 Å². The molecule has 0 fully saturated rings. The van der Waals surface area contributed by atoms with Gasteiger partial charge in [0.1, 0.15) is 13.2 Å². The van der Waals surface area contributed by atoms with Crippen molar-refractivity contribution < 1.29 is 28.6 Å². The molecule has 0 saturated carbocycles. The fourth-order valence-electron chi connectivity index (χ4n) is 8.27. The van der Waals surface area contributed by atoms with E-state index in [-0.39, 0.29) is 31.1 Å². The fraction of sp³-hybridized carbons (Fsp3) is 0.667. The van der Waals surface area contributed by atoms with Gasteiger partial charge in [0, 0.05) is 19.3 Å². The summed E-state index contributed by atoms with van der Waals surface area (Å²) < 4.78 is 16.9. The smallest absolute Gasteiger partial charge is 0.306 e. The zero-order valence-corrected chi connectivity index (χ0v) is 48.8. The minimum absolute atomic E-state index is 0.102. The van der Waals surface area contributed by atoms with Gasteiger partial charge in [0.15, 0.2) is 6.10 Å². The Bertz CT molecular complexity index is 1570. The van der Waals surface area contributed by atoms with Gasteiger partial charge in [-0.15, -0.1) is 0 Å². The van der Waals surface area contributed by atoms with Crippen molar-refractivity contribution in [3.63, 3.8) is 0 Å². The standard InChI is InChI=1S/C69H114O6/c1-4-7-10-13-16-19-22-25-28-31-33-34-36-38-41-44-47-50-53-56-59-62-68(71)74-65-66(64-73-67(70)61-58-55-52-49-46-43-40-37-30-27-24-21-18-15-12-9-6-3)75-69(72)63-60-57-54-51-48-45-42-39-35-32-29-26-23-20-17-14-11-8-5-2/h7,10,16-17,19-20,25-30,33-35,38-39,41,47,50,66H,4-6,8-9,11-15,18,21-24,31-32,36-37,40,42-46,48-49,51-65H2,1-3H3/b10-7-,19-16-,20-17-,28-25-,29-26-,30-27-,34-33-,39-35-,41-38-,50-47-. The third kappa shape index (κ3) is 60.6. The highest BCUT2D eigenvalue weighted by Gasteiger charge is 2.19.